The van der Waals surface area contributed by atoms with Gasteiger partial charge >= 0.3 is 0 Å². The standard InChI is InChI=1S/C9H15N3/c1-12-5-9(11-6-12)8(10)4-7-2-3-7/h5-8H,2-4,10H2,1H3. The first-order valence-electron chi connectivity index (χ1n) is 4.49. The van der Waals surface area contributed by atoms with Gasteiger partial charge in [0.05, 0.1) is 12.0 Å². The molecular formula is C9H15N3. The maximum atomic E-state index is 5.97. The van der Waals surface area contributed by atoms with E-state index < -0.39 is 0 Å². The van der Waals surface area contributed by atoms with E-state index in [9.17, 15) is 0 Å². The molecule has 0 aromatic carbocycles. The number of hydrogen-bond donors (Lipinski definition) is 1. The van der Waals surface area contributed by atoms with Gasteiger partial charge in [0.15, 0.2) is 0 Å². The molecule has 0 spiro atoms. The number of imidazole rings is 1. The van der Waals surface area contributed by atoms with Crippen LogP contribution < -0.4 is 5.73 Å². The van der Waals surface area contributed by atoms with Crippen molar-refractivity contribution in [1.82, 2.24) is 9.55 Å². The molecule has 1 heterocycles. The van der Waals surface area contributed by atoms with Crippen LogP contribution in [0.4, 0.5) is 0 Å². The SMILES string of the molecule is Cn1cnc(C(N)CC2CC2)c1. The topological polar surface area (TPSA) is 43.8 Å². The quantitative estimate of drug-likeness (QED) is 0.731. The second-order valence-corrected chi connectivity index (χ2v) is 3.75. The van der Waals surface area contributed by atoms with Crippen LogP contribution in [0.3, 0.4) is 0 Å². The third kappa shape index (κ3) is 1.67. The van der Waals surface area contributed by atoms with Crippen LogP contribution in [0.5, 0.6) is 0 Å². The Hall–Kier alpha value is -0.830. The summed E-state index contributed by atoms with van der Waals surface area (Å²) in [6.45, 7) is 0. The van der Waals surface area contributed by atoms with E-state index in [1.165, 1.54) is 12.8 Å². The zero-order chi connectivity index (χ0) is 8.55. The molecule has 1 aliphatic carbocycles. The lowest BCUT2D eigenvalue weighted by Gasteiger charge is -2.06. The van der Waals surface area contributed by atoms with Crippen molar-refractivity contribution in [3.8, 4) is 0 Å². The number of aromatic nitrogens is 2. The number of rotatable bonds is 3. The summed E-state index contributed by atoms with van der Waals surface area (Å²) in [6.07, 6.45) is 7.65. The van der Waals surface area contributed by atoms with Gasteiger partial charge in [0.2, 0.25) is 0 Å². The third-order valence-electron chi connectivity index (χ3n) is 2.39. The second-order valence-electron chi connectivity index (χ2n) is 3.75. The van der Waals surface area contributed by atoms with Crippen LogP contribution >= 0.6 is 0 Å². The molecule has 2 N–H and O–H groups in total. The molecule has 3 heteroatoms. The van der Waals surface area contributed by atoms with Gasteiger partial charge in [-0.25, -0.2) is 4.98 Å². The summed E-state index contributed by atoms with van der Waals surface area (Å²) >= 11 is 0. The lowest BCUT2D eigenvalue weighted by molar-refractivity contribution is 0.585. The van der Waals surface area contributed by atoms with Crippen LogP contribution in [0.15, 0.2) is 12.5 Å². The molecule has 0 radical (unpaired) electrons. The van der Waals surface area contributed by atoms with Gasteiger partial charge in [-0.1, -0.05) is 12.8 Å². The fourth-order valence-electron chi connectivity index (χ4n) is 1.46. The normalized spacial score (nSPS) is 19.5. The summed E-state index contributed by atoms with van der Waals surface area (Å²) in [6, 6.07) is 0.152. The average molecular weight is 165 g/mol. The first-order chi connectivity index (χ1) is 5.75. The van der Waals surface area contributed by atoms with Gasteiger partial charge in [-0.3, -0.25) is 0 Å². The Bertz CT molecular complexity index is 262. The third-order valence-corrected chi connectivity index (χ3v) is 2.39. The first-order valence-corrected chi connectivity index (χ1v) is 4.49. The average Bonchev–Trinajstić information content (AvgIpc) is 2.72. The lowest BCUT2D eigenvalue weighted by atomic mass is 10.1. The Morgan fingerprint density at radius 1 is 1.75 bits per heavy atom. The van der Waals surface area contributed by atoms with Gasteiger partial charge in [-0.2, -0.15) is 0 Å². The van der Waals surface area contributed by atoms with Crippen molar-refractivity contribution in [2.24, 2.45) is 18.7 Å². The molecule has 0 aliphatic heterocycles. The van der Waals surface area contributed by atoms with E-state index in [1.54, 1.807) is 0 Å². The molecule has 0 saturated heterocycles. The van der Waals surface area contributed by atoms with Crippen molar-refractivity contribution >= 4 is 0 Å². The molecule has 1 unspecified atom stereocenters. The summed E-state index contributed by atoms with van der Waals surface area (Å²) < 4.78 is 1.95. The van der Waals surface area contributed by atoms with Gasteiger partial charge in [0.25, 0.3) is 0 Å². The van der Waals surface area contributed by atoms with Crippen molar-refractivity contribution in [2.45, 2.75) is 25.3 Å². The van der Waals surface area contributed by atoms with Gasteiger partial charge in [-0.15, -0.1) is 0 Å². The van der Waals surface area contributed by atoms with Crippen molar-refractivity contribution in [3.63, 3.8) is 0 Å². The molecule has 2 rings (SSSR count). The van der Waals surface area contributed by atoms with Crippen LogP contribution in [0.2, 0.25) is 0 Å². The smallest absolute Gasteiger partial charge is 0.0947 e. The molecule has 1 saturated carbocycles. The fourth-order valence-corrected chi connectivity index (χ4v) is 1.46. The summed E-state index contributed by atoms with van der Waals surface area (Å²) in [4.78, 5) is 4.23. The van der Waals surface area contributed by atoms with Crippen LogP contribution in [0, 0.1) is 5.92 Å². The monoisotopic (exact) mass is 165 g/mol. The van der Waals surface area contributed by atoms with E-state index in [0.717, 1.165) is 18.0 Å². The first kappa shape index (κ1) is 7.80. The lowest BCUT2D eigenvalue weighted by Crippen LogP contribution is -2.11. The second kappa shape index (κ2) is 2.90. The highest BCUT2D eigenvalue weighted by atomic mass is 15.0. The predicted octanol–water partition coefficient (Wildman–Crippen LogP) is 1.22. The van der Waals surface area contributed by atoms with Gasteiger partial charge in [0, 0.05) is 19.3 Å². The van der Waals surface area contributed by atoms with Crippen LogP contribution in [0.25, 0.3) is 0 Å². The van der Waals surface area contributed by atoms with Crippen LogP contribution in [-0.2, 0) is 7.05 Å². The minimum Gasteiger partial charge on any atom is -0.340 e. The van der Waals surface area contributed by atoms with E-state index in [1.807, 2.05) is 24.1 Å². The Morgan fingerprint density at radius 3 is 3.00 bits per heavy atom. The zero-order valence-electron chi connectivity index (χ0n) is 7.40. The summed E-state index contributed by atoms with van der Waals surface area (Å²) in [5.74, 6) is 0.877. The summed E-state index contributed by atoms with van der Waals surface area (Å²) in [5, 5.41) is 0. The largest absolute Gasteiger partial charge is 0.340 e. The molecule has 0 amide bonds. The Morgan fingerprint density at radius 2 is 2.50 bits per heavy atom. The summed E-state index contributed by atoms with van der Waals surface area (Å²) in [7, 11) is 1.97. The molecule has 1 atom stereocenters. The highest BCUT2D eigenvalue weighted by Gasteiger charge is 2.25. The molecular weight excluding hydrogens is 150 g/mol. The van der Waals surface area contributed by atoms with Crippen molar-refractivity contribution in [3.05, 3.63) is 18.2 Å². The predicted molar refractivity (Wildman–Crippen MR) is 47.5 cm³/mol. The molecule has 0 bridgehead atoms. The van der Waals surface area contributed by atoms with Crippen molar-refractivity contribution in [1.29, 1.82) is 0 Å². The van der Waals surface area contributed by atoms with Gasteiger partial charge in [-0.05, 0) is 12.3 Å². The van der Waals surface area contributed by atoms with Crippen LogP contribution in [0.1, 0.15) is 31.0 Å². The molecule has 1 aromatic heterocycles. The number of nitrogens with two attached hydrogens (primary N) is 1. The van der Waals surface area contributed by atoms with Crippen molar-refractivity contribution < 1.29 is 0 Å². The van der Waals surface area contributed by atoms with E-state index >= 15 is 0 Å². The molecule has 1 aliphatic rings. The zero-order valence-corrected chi connectivity index (χ0v) is 7.40. The highest BCUT2D eigenvalue weighted by Crippen LogP contribution is 2.36. The maximum Gasteiger partial charge on any atom is 0.0947 e. The van der Waals surface area contributed by atoms with E-state index in [2.05, 4.69) is 4.98 Å². The van der Waals surface area contributed by atoms with Crippen LogP contribution in [-0.4, -0.2) is 9.55 Å². The number of aryl methyl sites for hydroxylation is 1. The molecule has 3 nitrogen and oxygen atoms in total. The maximum absolute atomic E-state index is 5.97. The fraction of sp³-hybridized carbons (Fsp3) is 0.667. The van der Waals surface area contributed by atoms with Crippen molar-refractivity contribution in [2.75, 3.05) is 0 Å². The minimum absolute atomic E-state index is 0.152. The summed E-state index contributed by atoms with van der Waals surface area (Å²) in [5.41, 5.74) is 7.01. The molecule has 1 fully saturated rings. The van der Waals surface area contributed by atoms with E-state index in [4.69, 9.17) is 5.73 Å². The number of nitrogens with zero attached hydrogens (tertiary/aromatic N) is 2. The van der Waals surface area contributed by atoms with E-state index in [-0.39, 0.29) is 6.04 Å². The highest BCUT2D eigenvalue weighted by molar-refractivity contribution is 5.03. The Balaban J connectivity index is 1.97. The Labute approximate surface area is 72.6 Å². The molecule has 12 heavy (non-hydrogen) atoms. The molecule has 66 valence electrons. The van der Waals surface area contributed by atoms with Gasteiger partial charge in [0.1, 0.15) is 0 Å². The van der Waals surface area contributed by atoms with Gasteiger partial charge < -0.3 is 10.3 Å². The Kier molecular flexibility index (Phi) is 1.89. The van der Waals surface area contributed by atoms with E-state index in [0.29, 0.717) is 0 Å². The minimum atomic E-state index is 0.152. The molecule has 1 aromatic rings. The number of hydrogen-bond acceptors (Lipinski definition) is 2.